The highest BCUT2D eigenvalue weighted by atomic mass is 16.5. The molecule has 2 rings (SSSR count). The van der Waals surface area contributed by atoms with E-state index in [4.69, 9.17) is 14.2 Å². The number of carbonyl (C=O) groups is 1. The molecule has 0 N–H and O–H groups in total. The van der Waals surface area contributed by atoms with Crippen molar-refractivity contribution in [2.75, 3.05) is 27.4 Å². The molecule has 2 atom stereocenters. The summed E-state index contributed by atoms with van der Waals surface area (Å²) >= 11 is 0. The van der Waals surface area contributed by atoms with Crippen LogP contribution in [0.2, 0.25) is 0 Å². The van der Waals surface area contributed by atoms with Gasteiger partial charge in [0.25, 0.3) is 0 Å². The van der Waals surface area contributed by atoms with E-state index in [1.807, 2.05) is 24.3 Å². The van der Waals surface area contributed by atoms with Crippen LogP contribution in [-0.4, -0.2) is 33.4 Å². The second-order valence-corrected chi connectivity index (χ2v) is 4.38. The Kier molecular flexibility index (Phi) is 4.20. The predicted molar refractivity (Wildman–Crippen MR) is 66.7 cm³/mol. The molecule has 1 unspecified atom stereocenters. The van der Waals surface area contributed by atoms with Gasteiger partial charge in [0.2, 0.25) is 0 Å². The fraction of sp³-hybridized carbons (Fsp3) is 0.500. The molecule has 0 bridgehead atoms. The molecule has 1 aromatic carbocycles. The summed E-state index contributed by atoms with van der Waals surface area (Å²) < 4.78 is 15.4. The molecular weight excluding hydrogens is 232 g/mol. The van der Waals surface area contributed by atoms with Gasteiger partial charge >= 0.3 is 5.97 Å². The lowest BCUT2D eigenvalue weighted by atomic mass is 9.82. The number of hydrogen-bond donors (Lipinski definition) is 0. The van der Waals surface area contributed by atoms with Crippen molar-refractivity contribution in [2.24, 2.45) is 5.92 Å². The van der Waals surface area contributed by atoms with Gasteiger partial charge in [0, 0.05) is 12.5 Å². The molecule has 4 nitrogen and oxygen atoms in total. The largest absolute Gasteiger partial charge is 0.497 e. The quantitative estimate of drug-likeness (QED) is 0.770. The van der Waals surface area contributed by atoms with E-state index in [1.165, 1.54) is 7.11 Å². The second-order valence-electron chi connectivity index (χ2n) is 4.38. The first-order valence-corrected chi connectivity index (χ1v) is 6.05. The van der Waals surface area contributed by atoms with E-state index in [-0.39, 0.29) is 17.8 Å². The molecule has 1 heterocycles. The van der Waals surface area contributed by atoms with Gasteiger partial charge in [-0.3, -0.25) is 4.79 Å². The summed E-state index contributed by atoms with van der Waals surface area (Å²) in [6, 6.07) is 7.84. The zero-order valence-corrected chi connectivity index (χ0v) is 10.7. The molecule has 98 valence electrons. The average molecular weight is 250 g/mol. The lowest BCUT2D eigenvalue weighted by Gasteiger charge is -2.30. The first-order valence-electron chi connectivity index (χ1n) is 6.05. The fourth-order valence-corrected chi connectivity index (χ4v) is 2.39. The molecule has 1 aliphatic heterocycles. The van der Waals surface area contributed by atoms with Crippen molar-refractivity contribution in [3.05, 3.63) is 29.8 Å². The van der Waals surface area contributed by atoms with Gasteiger partial charge in [0.15, 0.2) is 0 Å². The van der Waals surface area contributed by atoms with Crippen molar-refractivity contribution in [3.63, 3.8) is 0 Å². The smallest absolute Gasteiger partial charge is 0.311 e. The minimum atomic E-state index is -0.226. The van der Waals surface area contributed by atoms with Crippen LogP contribution in [0.25, 0.3) is 0 Å². The summed E-state index contributed by atoms with van der Waals surface area (Å²) in [5, 5.41) is 0. The van der Waals surface area contributed by atoms with Crippen LogP contribution in [0.3, 0.4) is 0 Å². The van der Waals surface area contributed by atoms with Gasteiger partial charge in [-0.2, -0.15) is 0 Å². The van der Waals surface area contributed by atoms with Crippen LogP contribution >= 0.6 is 0 Å². The van der Waals surface area contributed by atoms with Crippen molar-refractivity contribution >= 4 is 5.97 Å². The lowest BCUT2D eigenvalue weighted by molar-refractivity contribution is -0.150. The van der Waals surface area contributed by atoms with Crippen molar-refractivity contribution in [2.45, 2.75) is 12.3 Å². The monoisotopic (exact) mass is 250 g/mol. The van der Waals surface area contributed by atoms with Crippen LogP contribution in [0.15, 0.2) is 24.3 Å². The van der Waals surface area contributed by atoms with E-state index < -0.39 is 0 Å². The van der Waals surface area contributed by atoms with Gasteiger partial charge in [0.1, 0.15) is 5.75 Å². The van der Waals surface area contributed by atoms with E-state index in [0.717, 1.165) is 17.7 Å². The maximum absolute atomic E-state index is 11.8. The SMILES string of the molecule is COC(=O)C1COCC[C@H]1c1cccc(OC)c1. The summed E-state index contributed by atoms with van der Waals surface area (Å²) in [6.45, 7) is 1.10. The van der Waals surface area contributed by atoms with E-state index in [1.54, 1.807) is 7.11 Å². The first-order chi connectivity index (χ1) is 8.76. The summed E-state index contributed by atoms with van der Waals surface area (Å²) in [4.78, 5) is 11.8. The number of esters is 1. The summed E-state index contributed by atoms with van der Waals surface area (Å²) in [5.41, 5.74) is 1.10. The van der Waals surface area contributed by atoms with Gasteiger partial charge < -0.3 is 14.2 Å². The third-order valence-electron chi connectivity index (χ3n) is 3.38. The Morgan fingerprint density at radius 3 is 2.94 bits per heavy atom. The van der Waals surface area contributed by atoms with Crippen LogP contribution in [0.5, 0.6) is 5.75 Å². The molecule has 1 aliphatic rings. The van der Waals surface area contributed by atoms with Gasteiger partial charge in [-0.05, 0) is 24.1 Å². The summed E-state index contributed by atoms with van der Waals surface area (Å²) in [6.07, 6.45) is 0.826. The van der Waals surface area contributed by atoms with Crippen LogP contribution in [0, 0.1) is 5.92 Å². The zero-order valence-electron chi connectivity index (χ0n) is 10.7. The molecule has 1 aromatic rings. The third-order valence-corrected chi connectivity index (χ3v) is 3.38. The number of carbonyl (C=O) groups excluding carboxylic acids is 1. The Bertz CT molecular complexity index is 416. The normalized spacial score (nSPS) is 23.4. The number of rotatable bonds is 3. The Morgan fingerprint density at radius 2 is 2.22 bits per heavy atom. The fourth-order valence-electron chi connectivity index (χ4n) is 2.39. The minimum absolute atomic E-state index is 0.140. The average Bonchev–Trinajstić information content (AvgIpc) is 2.46. The van der Waals surface area contributed by atoms with Crippen LogP contribution in [0.4, 0.5) is 0 Å². The summed E-state index contributed by atoms with van der Waals surface area (Å²) in [7, 11) is 3.06. The molecule has 0 amide bonds. The Hall–Kier alpha value is -1.55. The molecule has 1 fully saturated rings. The van der Waals surface area contributed by atoms with Gasteiger partial charge in [-0.1, -0.05) is 12.1 Å². The highest BCUT2D eigenvalue weighted by Gasteiger charge is 2.33. The molecule has 0 saturated carbocycles. The maximum Gasteiger partial charge on any atom is 0.311 e. The molecule has 4 heteroatoms. The van der Waals surface area contributed by atoms with Gasteiger partial charge in [-0.15, -0.1) is 0 Å². The number of ether oxygens (including phenoxy) is 3. The van der Waals surface area contributed by atoms with Crippen molar-refractivity contribution < 1.29 is 19.0 Å². The highest BCUT2D eigenvalue weighted by molar-refractivity contribution is 5.74. The Morgan fingerprint density at radius 1 is 1.39 bits per heavy atom. The van der Waals surface area contributed by atoms with E-state index >= 15 is 0 Å². The molecule has 0 spiro atoms. The van der Waals surface area contributed by atoms with E-state index in [0.29, 0.717) is 13.2 Å². The molecule has 1 saturated heterocycles. The first kappa shape index (κ1) is 12.9. The standard InChI is InChI=1S/C14H18O4/c1-16-11-5-3-4-10(8-11)12-6-7-18-9-13(12)14(15)17-2/h3-5,8,12-13H,6-7,9H2,1-2H3/t12-,13?/m0/s1. The topological polar surface area (TPSA) is 44.8 Å². The Balaban J connectivity index is 2.24. The molecule has 0 radical (unpaired) electrons. The highest BCUT2D eigenvalue weighted by Crippen LogP contribution is 2.34. The summed E-state index contributed by atoms with van der Waals surface area (Å²) in [5.74, 6) is 0.516. The number of benzene rings is 1. The van der Waals surface area contributed by atoms with Crippen LogP contribution < -0.4 is 4.74 Å². The Labute approximate surface area is 107 Å². The van der Waals surface area contributed by atoms with Gasteiger partial charge in [0.05, 0.1) is 26.7 Å². The molecule has 0 aromatic heterocycles. The number of methoxy groups -OCH3 is 2. The van der Waals surface area contributed by atoms with Crippen molar-refractivity contribution in [3.8, 4) is 5.75 Å². The van der Waals surface area contributed by atoms with Crippen LogP contribution in [0.1, 0.15) is 17.9 Å². The minimum Gasteiger partial charge on any atom is -0.497 e. The van der Waals surface area contributed by atoms with E-state index in [2.05, 4.69) is 0 Å². The third kappa shape index (κ3) is 2.64. The maximum atomic E-state index is 11.8. The molecule has 0 aliphatic carbocycles. The predicted octanol–water partition coefficient (Wildman–Crippen LogP) is 1.99. The second kappa shape index (κ2) is 5.87. The van der Waals surface area contributed by atoms with E-state index in [9.17, 15) is 4.79 Å². The van der Waals surface area contributed by atoms with Crippen molar-refractivity contribution in [1.82, 2.24) is 0 Å². The molecular formula is C14H18O4. The number of hydrogen-bond acceptors (Lipinski definition) is 4. The lowest BCUT2D eigenvalue weighted by Crippen LogP contribution is -2.33. The zero-order chi connectivity index (χ0) is 13.0. The van der Waals surface area contributed by atoms with Crippen molar-refractivity contribution in [1.29, 1.82) is 0 Å². The molecule has 18 heavy (non-hydrogen) atoms. The van der Waals surface area contributed by atoms with Crippen LogP contribution in [-0.2, 0) is 14.3 Å². The van der Waals surface area contributed by atoms with Gasteiger partial charge in [-0.25, -0.2) is 0 Å².